The molecule has 4 heteroatoms. The van der Waals surface area contributed by atoms with Gasteiger partial charge in [0, 0.05) is 18.4 Å². The highest BCUT2D eigenvalue weighted by molar-refractivity contribution is 5.55. The summed E-state index contributed by atoms with van der Waals surface area (Å²) in [5.74, 6) is 1.13. The monoisotopic (exact) mass is 200 g/mol. The summed E-state index contributed by atoms with van der Waals surface area (Å²) in [7, 11) is 0. The zero-order valence-corrected chi connectivity index (χ0v) is 8.38. The molecule has 15 heavy (non-hydrogen) atoms. The van der Waals surface area contributed by atoms with Crippen LogP contribution in [0.25, 0.3) is 5.82 Å². The van der Waals surface area contributed by atoms with Gasteiger partial charge in [-0.2, -0.15) is 5.26 Å². The number of nitrogens with zero attached hydrogens (tertiary/aromatic N) is 2. The minimum Gasteiger partial charge on any atom is -0.380 e. The zero-order chi connectivity index (χ0) is 10.3. The maximum atomic E-state index is 8.86. The summed E-state index contributed by atoms with van der Waals surface area (Å²) in [6.45, 7) is 1.84. The first kappa shape index (κ1) is 8.42. The van der Waals surface area contributed by atoms with E-state index in [0.29, 0.717) is 0 Å². The van der Waals surface area contributed by atoms with Gasteiger partial charge >= 0.3 is 0 Å². The molecule has 0 saturated heterocycles. The van der Waals surface area contributed by atoms with Gasteiger partial charge in [-0.25, -0.2) is 0 Å². The molecule has 1 aromatic heterocycles. The van der Waals surface area contributed by atoms with Crippen LogP contribution in [0.5, 0.6) is 0 Å². The summed E-state index contributed by atoms with van der Waals surface area (Å²) in [6.07, 6.45) is 4.18. The molecule has 0 unspecified atom stereocenters. The lowest BCUT2D eigenvalue weighted by Gasteiger charge is -2.29. The molecule has 0 fully saturated rings. The van der Waals surface area contributed by atoms with Gasteiger partial charge in [-0.15, -0.1) is 0 Å². The van der Waals surface area contributed by atoms with Crippen LogP contribution in [0.2, 0.25) is 0 Å². The molecule has 3 rings (SSSR count). The first-order valence-corrected chi connectivity index (χ1v) is 5.21. The highest BCUT2D eigenvalue weighted by Crippen LogP contribution is 2.24. The van der Waals surface area contributed by atoms with Gasteiger partial charge in [0.15, 0.2) is 0 Å². The van der Waals surface area contributed by atoms with Gasteiger partial charge in [-0.1, -0.05) is 0 Å². The van der Waals surface area contributed by atoms with Gasteiger partial charge in [0.1, 0.15) is 11.9 Å². The highest BCUT2D eigenvalue weighted by Gasteiger charge is 2.21. The second-order valence-electron chi connectivity index (χ2n) is 3.91. The number of allylic oxidation sites excluding steroid dienone is 1. The van der Waals surface area contributed by atoms with E-state index in [0.717, 1.165) is 36.6 Å². The molecule has 0 spiro atoms. The van der Waals surface area contributed by atoms with Crippen molar-refractivity contribution in [2.24, 2.45) is 0 Å². The fourth-order valence-corrected chi connectivity index (χ4v) is 2.21. The number of fused-ring (bicyclic) bond motifs is 2. The van der Waals surface area contributed by atoms with Crippen LogP contribution in [-0.2, 0) is 6.54 Å². The van der Waals surface area contributed by atoms with Crippen molar-refractivity contribution in [1.82, 2.24) is 15.2 Å². The quantitative estimate of drug-likeness (QED) is 0.656. The highest BCUT2D eigenvalue weighted by atomic mass is 15.2. The van der Waals surface area contributed by atoms with E-state index in [-0.39, 0.29) is 0 Å². The van der Waals surface area contributed by atoms with E-state index in [1.807, 2.05) is 12.3 Å². The van der Waals surface area contributed by atoms with E-state index in [9.17, 15) is 0 Å². The van der Waals surface area contributed by atoms with Crippen LogP contribution in [0, 0.1) is 11.3 Å². The van der Waals surface area contributed by atoms with Crippen molar-refractivity contribution in [3.8, 4) is 6.07 Å². The van der Waals surface area contributed by atoms with E-state index >= 15 is 0 Å². The first-order chi connectivity index (χ1) is 7.38. The van der Waals surface area contributed by atoms with Crippen LogP contribution in [-0.4, -0.2) is 11.1 Å². The number of hydrogen-bond acceptors (Lipinski definition) is 3. The van der Waals surface area contributed by atoms with Crippen LogP contribution in [0.1, 0.15) is 24.1 Å². The fourth-order valence-electron chi connectivity index (χ4n) is 2.21. The second kappa shape index (κ2) is 3.06. The summed E-state index contributed by atoms with van der Waals surface area (Å²) in [6, 6.07) is 4.12. The molecular formula is C11H12N4. The largest absolute Gasteiger partial charge is 0.380 e. The van der Waals surface area contributed by atoms with Gasteiger partial charge in [0.05, 0.1) is 17.8 Å². The lowest BCUT2D eigenvalue weighted by atomic mass is 10.1. The Bertz CT molecular complexity index is 475. The number of nitrogens with one attached hydrogen (secondary N) is 2. The van der Waals surface area contributed by atoms with E-state index < -0.39 is 0 Å². The fraction of sp³-hybridized carbons (Fsp3) is 0.364. The summed E-state index contributed by atoms with van der Waals surface area (Å²) >= 11 is 0. The Labute approximate surface area is 88.2 Å². The van der Waals surface area contributed by atoms with Crippen LogP contribution in [0.15, 0.2) is 18.0 Å². The van der Waals surface area contributed by atoms with Crippen molar-refractivity contribution < 1.29 is 0 Å². The summed E-state index contributed by atoms with van der Waals surface area (Å²) < 4.78 is 2.10. The Morgan fingerprint density at radius 1 is 1.40 bits per heavy atom. The summed E-state index contributed by atoms with van der Waals surface area (Å²) in [5.41, 5.74) is 3.15. The lowest BCUT2D eigenvalue weighted by molar-refractivity contribution is 0.590. The van der Waals surface area contributed by atoms with Gasteiger partial charge in [0.2, 0.25) is 0 Å². The molecule has 1 aromatic rings. The predicted octanol–water partition coefficient (Wildman–Crippen LogP) is 0.972. The van der Waals surface area contributed by atoms with E-state index in [2.05, 4.69) is 21.3 Å². The molecule has 2 N–H and O–H groups in total. The van der Waals surface area contributed by atoms with E-state index in [1.165, 1.54) is 12.1 Å². The molecule has 0 saturated carbocycles. The third kappa shape index (κ3) is 1.20. The van der Waals surface area contributed by atoms with Crippen molar-refractivity contribution in [3.05, 3.63) is 29.2 Å². The van der Waals surface area contributed by atoms with Gasteiger partial charge in [0.25, 0.3) is 0 Å². The van der Waals surface area contributed by atoms with Crippen molar-refractivity contribution in [2.75, 3.05) is 6.54 Å². The average Bonchev–Trinajstić information content (AvgIpc) is 2.72. The predicted molar refractivity (Wildman–Crippen MR) is 56.4 cm³/mol. The Balaban J connectivity index is 2.12. The second-order valence-corrected chi connectivity index (χ2v) is 3.91. The Hall–Kier alpha value is -1.89. The Kier molecular flexibility index (Phi) is 1.72. The normalized spacial score (nSPS) is 18.3. The molecule has 3 heterocycles. The molecule has 0 bridgehead atoms. The molecule has 2 aliphatic heterocycles. The molecule has 76 valence electrons. The molecule has 4 nitrogen and oxygen atoms in total. The Morgan fingerprint density at radius 3 is 3.20 bits per heavy atom. The van der Waals surface area contributed by atoms with Crippen molar-refractivity contribution in [2.45, 2.75) is 19.4 Å². The maximum absolute atomic E-state index is 8.86. The average molecular weight is 200 g/mol. The molecule has 2 aliphatic rings. The zero-order valence-electron chi connectivity index (χ0n) is 8.38. The van der Waals surface area contributed by atoms with Crippen LogP contribution in [0.3, 0.4) is 0 Å². The van der Waals surface area contributed by atoms with Crippen LogP contribution >= 0.6 is 0 Å². The van der Waals surface area contributed by atoms with E-state index in [4.69, 9.17) is 5.26 Å². The molecule has 0 atom stereocenters. The van der Waals surface area contributed by atoms with Crippen LogP contribution in [0.4, 0.5) is 0 Å². The third-order valence-electron chi connectivity index (χ3n) is 2.93. The number of hydrogen-bond donors (Lipinski definition) is 2. The molecule has 0 aliphatic carbocycles. The van der Waals surface area contributed by atoms with Gasteiger partial charge < -0.3 is 15.2 Å². The molecule has 0 radical (unpaired) electrons. The molecule has 0 amide bonds. The van der Waals surface area contributed by atoms with Gasteiger partial charge in [-0.3, -0.25) is 0 Å². The topological polar surface area (TPSA) is 52.8 Å². The van der Waals surface area contributed by atoms with Crippen molar-refractivity contribution in [1.29, 1.82) is 5.26 Å². The number of nitriles is 1. The minimum atomic E-state index is 0.730. The SMILES string of the molecule is N#Cc1cc2n(c1)C1=C(CCCN1)NC2. The van der Waals surface area contributed by atoms with Gasteiger partial charge in [-0.05, 0) is 18.9 Å². The summed E-state index contributed by atoms with van der Waals surface area (Å²) in [5, 5.41) is 15.6. The van der Waals surface area contributed by atoms with Crippen molar-refractivity contribution in [3.63, 3.8) is 0 Å². The van der Waals surface area contributed by atoms with Crippen LogP contribution < -0.4 is 10.6 Å². The summed E-state index contributed by atoms with van der Waals surface area (Å²) in [4.78, 5) is 0. The smallest absolute Gasteiger partial charge is 0.129 e. The Morgan fingerprint density at radius 2 is 2.33 bits per heavy atom. The maximum Gasteiger partial charge on any atom is 0.129 e. The first-order valence-electron chi connectivity index (χ1n) is 5.21. The molecular weight excluding hydrogens is 188 g/mol. The van der Waals surface area contributed by atoms with Crippen molar-refractivity contribution >= 4 is 5.82 Å². The standard InChI is InChI=1S/C11H12N4/c12-5-8-4-9-6-14-10-2-1-3-13-11(10)15(9)7-8/h4,7,13-14H,1-3,6H2. The van der Waals surface area contributed by atoms with E-state index in [1.54, 1.807) is 0 Å². The number of aromatic nitrogens is 1. The lowest BCUT2D eigenvalue weighted by Crippen LogP contribution is -2.34. The molecule has 0 aromatic carbocycles. The minimum absolute atomic E-state index is 0.730. The third-order valence-corrected chi connectivity index (χ3v) is 2.93. The number of rotatable bonds is 0.